The number of nitrogens with one attached hydrogen (secondary N) is 1. The first-order valence-corrected chi connectivity index (χ1v) is 10.3. The number of phenols is 1. The number of allylic oxidation sites excluding steroid dienone is 2. The topological polar surface area (TPSA) is 86.6 Å². The third-order valence-electron chi connectivity index (χ3n) is 6.63. The Bertz CT molecular complexity index is 925. The zero-order valence-corrected chi connectivity index (χ0v) is 16.8. The summed E-state index contributed by atoms with van der Waals surface area (Å²) >= 11 is 0. The fourth-order valence-corrected chi connectivity index (χ4v) is 5.10. The number of carbonyl (C=O) groups is 2. The SMILES string of the molecule is C[C@H]1CC[C@H]2[C@H](C(=O)C3=C(O)C(=Cc4ccc(O)cc4)NC3=O)[C@H](C)C=C[C@@H]2C1. The highest BCUT2D eigenvalue weighted by molar-refractivity contribution is 6.23. The molecule has 1 heterocycles. The van der Waals surface area contributed by atoms with Gasteiger partial charge in [0, 0.05) is 5.92 Å². The van der Waals surface area contributed by atoms with Gasteiger partial charge in [-0.15, -0.1) is 0 Å². The van der Waals surface area contributed by atoms with E-state index >= 15 is 0 Å². The molecule has 1 aromatic rings. The zero-order chi connectivity index (χ0) is 20.7. The second kappa shape index (κ2) is 7.54. The third-order valence-corrected chi connectivity index (χ3v) is 6.63. The monoisotopic (exact) mass is 393 g/mol. The number of hydrogen-bond acceptors (Lipinski definition) is 4. The van der Waals surface area contributed by atoms with Gasteiger partial charge in [0.2, 0.25) is 0 Å². The number of hydrogen-bond donors (Lipinski definition) is 3. The van der Waals surface area contributed by atoms with Crippen LogP contribution >= 0.6 is 0 Å². The van der Waals surface area contributed by atoms with Crippen molar-refractivity contribution in [1.82, 2.24) is 5.32 Å². The normalized spacial score (nSPS) is 33.0. The molecule has 1 aliphatic heterocycles. The van der Waals surface area contributed by atoms with Crippen LogP contribution in [0.4, 0.5) is 0 Å². The molecule has 5 nitrogen and oxygen atoms in total. The number of fused-ring (bicyclic) bond motifs is 1. The zero-order valence-electron chi connectivity index (χ0n) is 16.8. The number of carbonyl (C=O) groups excluding carboxylic acids is 2. The molecule has 0 unspecified atom stereocenters. The van der Waals surface area contributed by atoms with Crippen LogP contribution in [0.1, 0.15) is 38.7 Å². The summed E-state index contributed by atoms with van der Waals surface area (Å²) in [6.07, 6.45) is 9.08. The van der Waals surface area contributed by atoms with E-state index in [-0.39, 0.29) is 46.3 Å². The van der Waals surface area contributed by atoms with Crippen molar-refractivity contribution in [2.45, 2.75) is 33.1 Å². The van der Waals surface area contributed by atoms with Gasteiger partial charge in [0.15, 0.2) is 11.5 Å². The smallest absolute Gasteiger partial charge is 0.263 e. The Morgan fingerprint density at radius 3 is 2.55 bits per heavy atom. The van der Waals surface area contributed by atoms with Crippen LogP contribution in [0.2, 0.25) is 0 Å². The predicted octanol–water partition coefficient (Wildman–Crippen LogP) is 4.12. The number of aliphatic hydroxyl groups is 1. The van der Waals surface area contributed by atoms with Gasteiger partial charge in [-0.25, -0.2) is 0 Å². The van der Waals surface area contributed by atoms with Crippen molar-refractivity contribution < 1.29 is 19.8 Å². The lowest BCUT2D eigenvalue weighted by molar-refractivity contribution is -0.127. The number of benzene rings is 1. The average Bonchev–Trinajstić information content (AvgIpc) is 2.96. The first-order valence-electron chi connectivity index (χ1n) is 10.3. The van der Waals surface area contributed by atoms with Crippen LogP contribution in [0.25, 0.3) is 6.08 Å². The number of aromatic hydroxyl groups is 1. The van der Waals surface area contributed by atoms with Gasteiger partial charge in [-0.2, -0.15) is 0 Å². The highest BCUT2D eigenvalue weighted by atomic mass is 16.3. The molecule has 1 fully saturated rings. The maximum Gasteiger partial charge on any atom is 0.263 e. The lowest BCUT2D eigenvalue weighted by atomic mass is 9.61. The van der Waals surface area contributed by atoms with Crippen molar-refractivity contribution in [2.75, 3.05) is 0 Å². The van der Waals surface area contributed by atoms with Crippen LogP contribution in [0.3, 0.4) is 0 Å². The first-order chi connectivity index (χ1) is 13.8. The first kappa shape index (κ1) is 19.5. The molecule has 0 radical (unpaired) electrons. The molecule has 2 aliphatic carbocycles. The molecule has 5 atom stereocenters. The predicted molar refractivity (Wildman–Crippen MR) is 111 cm³/mol. The molecular weight excluding hydrogens is 366 g/mol. The fourth-order valence-electron chi connectivity index (χ4n) is 5.10. The summed E-state index contributed by atoms with van der Waals surface area (Å²) in [5.41, 5.74) is 0.796. The Morgan fingerprint density at radius 1 is 1.10 bits per heavy atom. The summed E-state index contributed by atoms with van der Waals surface area (Å²) < 4.78 is 0. The highest BCUT2D eigenvalue weighted by Crippen LogP contribution is 2.46. The highest BCUT2D eigenvalue weighted by Gasteiger charge is 2.45. The van der Waals surface area contributed by atoms with Gasteiger partial charge in [0.1, 0.15) is 11.3 Å². The summed E-state index contributed by atoms with van der Waals surface area (Å²) in [6.45, 7) is 4.27. The third kappa shape index (κ3) is 3.61. The van der Waals surface area contributed by atoms with Gasteiger partial charge >= 0.3 is 0 Å². The van der Waals surface area contributed by atoms with Gasteiger partial charge in [-0.1, -0.05) is 44.6 Å². The number of rotatable bonds is 3. The van der Waals surface area contributed by atoms with Crippen molar-refractivity contribution in [2.24, 2.45) is 29.6 Å². The summed E-state index contributed by atoms with van der Waals surface area (Å²) in [5, 5.41) is 22.7. The van der Waals surface area contributed by atoms with E-state index in [1.165, 1.54) is 12.1 Å². The minimum absolute atomic E-state index is 0.0374. The van der Waals surface area contributed by atoms with E-state index in [0.29, 0.717) is 17.4 Å². The van der Waals surface area contributed by atoms with Crippen molar-refractivity contribution in [3.63, 3.8) is 0 Å². The van der Waals surface area contributed by atoms with E-state index in [2.05, 4.69) is 24.4 Å². The molecule has 1 amide bonds. The molecule has 0 aromatic heterocycles. The molecule has 0 saturated heterocycles. The number of phenolic OH excluding ortho intramolecular Hbond substituents is 1. The van der Waals surface area contributed by atoms with Gasteiger partial charge in [-0.3, -0.25) is 9.59 Å². The molecule has 3 N–H and O–H groups in total. The summed E-state index contributed by atoms with van der Waals surface area (Å²) in [7, 11) is 0. The van der Waals surface area contributed by atoms with Crippen LogP contribution in [0, 0.1) is 29.6 Å². The van der Waals surface area contributed by atoms with Gasteiger partial charge in [-0.05, 0) is 60.3 Å². The lowest BCUT2D eigenvalue weighted by Crippen LogP contribution is -2.40. The van der Waals surface area contributed by atoms with Crippen LogP contribution in [-0.2, 0) is 9.59 Å². The Kier molecular flexibility index (Phi) is 5.07. The van der Waals surface area contributed by atoms with E-state index in [0.717, 1.165) is 19.3 Å². The largest absolute Gasteiger partial charge is 0.508 e. The molecule has 1 saturated carbocycles. The number of aliphatic hydroxyl groups excluding tert-OH is 1. The Labute approximate surface area is 170 Å². The van der Waals surface area contributed by atoms with E-state index in [4.69, 9.17) is 0 Å². The average molecular weight is 393 g/mol. The van der Waals surface area contributed by atoms with Gasteiger partial charge in [0.05, 0.1) is 5.70 Å². The maximum absolute atomic E-state index is 13.4. The molecule has 4 rings (SSSR count). The Hall–Kier alpha value is -2.82. The minimum atomic E-state index is -0.542. The van der Waals surface area contributed by atoms with E-state index < -0.39 is 5.91 Å². The second-order valence-corrected chi connectivity index (χ2v) is 8.71. The van der Waals surface area contributed by atoms with Gasteiger partial charge < -0.3 is 15.5 Å². The molecule has 5 heteroatoms. The van der Waals surface area contributed by atoms with E-state index in [9.17, 15) is 19.8 Å². The van der Waals surface area contributed by atoms with Crippen LogP contribution in [0.15, 0.2) is 53.4 Å². The molecular formula is C24H27NO4. The lowest BCUT2D eigenvalue weighted by Gasteiger charge is -2.42. The fraction of sp³-hybridized carbons (Fsp3) is 0.417. The Balaban J connectivity index is 1.65. The quantitative estimate of drug-likeness (QED) is 0.533. The van der Waals surface area contributed by atoms with Crippen molar-refractivity contribution >= 4 is 17.8 Å². The van der Waals surface area contributed by atoms with Crippen LogP contribution in [-0.4, -0.2) is 21.9 Å². The Morgan fingerprint density at radius 2 is 1.83 bits per heavy atom. The van der Waals surface area contributed by atoms with Crippen LogP contribution < -0.4 is 5.32 Å². The minimum Gasteiger partial charge on any atom is -0.508 e. The maximum atomic E-state index is 13.4. The number of ketones is 1. The number of Topliss-reactive ketones (excluding diaryl/α,β-unsaturated/α-hetero) is 1. The molecule has 1 aromatic carbocycles. The molecule has 29 heavy (non-hydrogen) atoms. The number of amides is 1. The molecule has 152 valence electrons. The van der Waals surface area contributed by atoms with E-state index in [1.807, 2.05) is 6.92 Å². The van der Waals surface area contributed by atoms with Gasteiger partial charge in [0.25, 0.3) is 5.91 Å². The standard InChI is InChI=1S/C24H27NO4/c1-13-3-10-18-16(11-13)7-4-14(2)20(18)23(28)21-22(27)19(25-24(21)29)12-15-5-8-17(26)9-6-15/h4-9,12-14,16,18,20,26-27H,3,10-11H2,1-2H3,(H,25,29)/t13-,14+,16+,18+,20+/m0/s1. The summed E-state index contributed by atoms with van der Waals surface area (Å²) in [4.78, 5) is 26.0. The molecule has 3 aliphatic rings. The van der Waals surface area contributed by atoms with Crippen molar-refractivity contribution in [3.8, 4) is 5.75 Å². The van der Waals surface area contributed by atoms with Crippen molar-refractivity contribution in [3.05, 3.63) is 59.0 Å². The summed E-state index contributed by atoms with van der Waals surface area (Å²) in [5.74, 6) is 0.0381. The van der Waals surface area contributed by atoms with Crippen molar-refractivity contribution in [1.29, 1.82) is 0 Å². The molecule has 0 spiro atoms. The van der Waals surface area contributed by atoms with E-state index in [1.54, 1.807) is 18.2 Å². The molecule has 0 bridgehead atoms. The second-order valence-electron chi connectivity index (χ2n) is 8.71. The van der Waals surface area contributed by atoms with Crippen LogP contribution in [0.5, 0.6) is 5.75 Å². The summed E-state index contributed by atoms with van der Waals surface area (Å²) in [6, 6.07) is 6.39.